The Morgan fingerprint density at radius 1 is 1.12 bits per heavy atom. The van der Waals surface area contributed by atoms with Gasteiger partial charge in [-0.2, -0.15) is 0 Å². The number of fused-ring (bicyclic) bond motifs is 1. The van der Waals surface area contributed by atoms with E-state index in [9.17, 15) is 19.5 Å². The molecule has 0 aromatic heterocycles. The molecule has 0 radical (unpaired) electrons. The minimum absolute atomic E-state index is 0.158. The lowest BCUT2D eigenvalue weighted by molar-refractivity contribution is -0.152. The van der Waals surface area contributed by atoms with Crippen molar-refractivity contribution >= 4 is 17.7 Å². The van der Waals surface area contributed by atoms with Gasteiger partial charge in [0.05, 0.1) is 43.8 Å². The number of hydrogen-bond donors (Lipinski definition) is 1. The topological polar surface area (TPSA) is 103 Å². The molecule has 5 rings (SSSR count). The van der Waals surface area contributed by atoms with E-state index in [0.29, 0.717) is 65.2 Å². The average Bonchev–Trinajstić information content (AvgIpc) is 3.68. The summed E-state index contributed by atoms with van der Waals surface area (Å²) >= 11 is 0. The summed E-state index contributed by atoms with van der Waals surface area (Å²) in [6.45, 7) is 14.5. The molecule has 10 heteroatoms. The van der Waals surface area contributed by atoms with Crippen LogP contribution in [0.5, 0.6) is 0 Å². The molecule has 4 fully saturated rings. The summed E-state index contributed by atoms with van der Waals surface area (Å²) in [6, 6.07) is 8.26. The Hall–Kier alpha value is -3.05. The molecule has 0 aliphatic carbocycles. The molecule has 4 heterocycles. The van der Waals surface area contributed by atoms with Crippen LogP contribution in [0.1, 0.15) is 31.7 Å². The number of likely N-dealkylation sites (tertiary alicyclic amines) is 1. The Kier molecular flexibility index (Phi) is 10.0. The quantitative estimate of drug-likeness (QED) is 0.327. The summed E-state index contributed by atoms with van der Waals surface area (Å²) in [7, 11) is 0. The van der Waals surface area contributed by atoms with E-state index in [-0.39, 0.29) is 24.3 Å². The van der Waals surface area contributed by atoms with Crippen LogP contribution in [0, 0.1) is 11.8 Å². The number of carbonyl (C=O) groups excluding carboxylic acids is 3. The van der Waals surface area contributed by atoms with Crippen molar-refractivity contribution in [2.75, 3.05) is 59.1 Å². The van der Waals surface area contributed by atoms with E-state index in [4.69, 9.17) is 9.47 Å². The van der Waals surface area contributed by atoms with Gasteiger partial charge in [0.1, 0.15) is 11.6 Å². The molecule has 4 aliphatic rings. The predicted octanol–water partition coefficient (Wildman–Crippen LogP) is 1.69. The number of benzene rings is 1. The third-order valence-corrected chi connectivity index (χ3v) is 9.66. The summed E-state index contributed by atoms with van der Waals surface area (Å²) in [4.78, 5) is 50.5. The Bertz CT molecular complexity index is 1170. The van der Waals surface area contributed by atoms with Crippen LogP contribution in [0.2, 0.25) is 0 Å². The van der Waals surface area contributed by atoms with Gasteiger partial charge in [-0.15, -0.1) is 13.2 Å². The molecule has 6 atom stereocenters. The SMILES string of the molecule is C=CCN(CCN1CCOCC1)C(=O)C1N([C@@H](CC)CO)C(=O)[C@@H]2[C@@H](C(=O)N(CC=C)Cc3ccccc3)[C@H]3CCC12O3. The molecule has 1 spiro atoms. The molecule has 4 aliphatic heterocycles. The number of amides is 3. The van der Waals surface area contributed by atoms with Crippen molar-refractivity contribution in [1.82, 2.24) is 19.6 Å². The van der Waals surface area contributed by atoms with Gasteiger partial charge in [-0.05, 0) is 24.8 Å². The van der Waals surface area contributed by atoms with Crippen LogP contribution in [0.3, 0.4) is 0 Å². The number of nitrogens with zero attached hydrogens (tertiary/aromatic N) is 4. The van der Waals surface area contributed by atoms with E-state index in [1.807, 2.05) is 37.3 Å². The van der Waals surface area contributed by atoms with Gasteiger partial charge in [0.15, 0.2) is 0 Å². The first-order valence-electron chi connectivity index (χ1n) is 15.6. The van der Waals surface area contributed by atoms with E-state index in [1.54, 1.807) is 26.9 Å². The van der Waals surface area contributed by atoms with Crippen LogP contribution in [0.4, 0.5) is 0 Å². The maximum Gasteiger partial charge on any atom is 0.248 e. The smallest absolute Gasteiger partial charge is 0.248 e. The van der Waals surface area contributed by atoms with Crippen molar-refractivity contribution in [3.63, 3.8) is 0 Å². The number of ether oxygens (including phenoxy) is 2. The minimum Gasteiger partial charge on any atom is -0.394 e. The maximum absolute atomic E-state index is 14.6. The molecule has 10 nitrogen and oxygen atoms in total. The molecule has 1 N–H and O–H groups in total. The number of rotatable bonds is 14. The van der Waals surface area contributed by atoms with Crippen molar-refractivity contribution < 1.29 is 29.0 Å². The molecule has 1 aromatic carbocycles. The van der Waals surface area contributed by atoms with E-state index in [0.717, 1.165) is 18.7 Å². The average molecular weight is 595 g/mol. The first-order valence-corrected chi connectivity index (χ1v) is 15.6. The van der Waals surface area contributed by atoms with Crippen molar-refractivity contribution in [3.8, 4) is 0 Å². The van der Waals surface area contributed by atoms with Crippen molar-refractivity contribution in [2.24, 2.45) is 11.8 Å². The molecule has 234 valence electrons. The van der Waals surface area contributed by atoms with E-state index in [1.165, 1.54) is 0 Å². The van der Waals surface area contributed by atoms with Crippen LogP contribution in [-0.4, -0.2) is 125 Å². The zero-order valence-electron chi connectivity index (χ0n) is 25.3. The highest BCUT2D eigenvalue weighted by Gasteiger charge is 2.75. The van der Waals surface area contributed by atoms with Gasteiger partial charge in [-0.3, -0.25) is 19.3 Å². The fourth-order valence-corrected chi connectivity index (χ4v) is 7.57. The summed E-state index contributed by atoms with van der Waals surface area (Å²) in [5, 5.41) is 10.4. The van der Waals surface area contributed by atoms with Gasteiger partial charge in [0, 0.05) is 45.8 Å². The number of aliphatic hydroxyl groups is 1. The first-order chi connectivity index (χ1) is 20.9. The Labute approximate surface area is 254 Å². The Morgan fingerprint density at radius 2 is 1.81 bits per heavy atom. The summed E-state index contributed by atoms with van der Waals surface area (Å²) < 4.78 is 12.1. The van der Waals surface area contributed by atoms with E-state index < -0.39 is 35.6 Å². The van der Waals surface area contributed by atoms with Crippen LogP contribution in [0.15, 0.2) is 55.6 Å². The Balaban J connectivity index is 1.46. The summed E-state index contributed by atoms with van der Waals surface area (Å²) in [6.07, 6.45) is 4.53. The van der Waals surface area contributed by atoms with Gasteiger partial charge in [0.25, 0.3) is 0 Å². The molecule has 0 saturated carbocycles. The molecule has 2 unspecified atom stereocenters. The molecular formula is C33H46N4O6. The monoisotopic (exact) mass is 594 g/mol. The van der Waals surface area contributed by atoms with Crippen molar-refractivity contribution in [2.45, 2.75) is 56.5 Å². The number of hydrogen-bond acceptors (Lipinski definition) is 7. The highest BCUT2D eigenvalue weighted by atomic mass is 16.5. The highest BCUT2D eigenvalue weighted by Crippen LogP contribution is 2.59. The third-order valence-electron chi connectivity index (χ3n) is 9.66. The van der Waals surface area contributed by atoms with Gasteiger partial charge >= 0.3 is 0 Å². The molecule has 1 aromatic rings. The molecule has 4 saturated heterocycles. The first kappa shape index (κ1) is 31.4. The van der Waals surface area contributed by atoms with Gasteiger partial charge in [0.2, 0.25) is 17.7 Å². The largest absolute Gasteiger partial charge is 0.394 e. The minimum atomic E-state index is -1.12. The van der Waals surface area contributed by atoms with Gasteiger partial charge < -0.3 is 29.3 Å². The fourth-order valence-electron chi connectivity index (χ4n) is 7.57. The zero-order valence-corrected chi connectivity index (χ0v) is 25.3. The third kappa shape index (κ3) is 5.90. The molecular weight excluding hydrogens is 548 g/mol. The lowest BCUT2D eigenvalue weighted by Gasteiger charge is -2.39. The van der Waals surface area contributed by atoms with Crippen molar-refractivity contribution in [1.29, 1.82) is 0 Å². The van der Waals surface area contributed by atoms with Crippen molar-refractivity contribution in [3.05, 3.63) is 61.2 Å². The van der Waals surface area contributed by atoms with Crippen LogP contribution in [0.25, 0.3) is 0 Å². The summed E-state index contributed by atoms with van der Waals surface area (Å²) in [5.41, 5.74) is -0.136. The van der Waals surface area contributed by atoms with Crippen LogP contribution < -0.4 is 0 Å². The number of aliphatic hydroxyl groups excluding tert-OH is 1. The fraction of sp³-hybridized carbons (Fsp3) is 0.606. The normalized spacial score (nSPS) is 28.9. The molecule has 2 bridgehead atoms. The maximum atomic E-state index is 14.6. The Morgan fingerprint density at radius 3 is 2.47 bits per heavy atom. The second-order valence-corrected chi connectivity index (χ2v) is 12.1. The van der Waals surface area contributed by atoms with Gasteiger partial charge in [-0.25, -0.2) is 0 Å². The number of carbonyl (C=O) groups is 3. The second kappa shape index (κ2) is 13.7. The zero-order chi connectivity index (χ0) is 30.6. The van der Waals surface area contributed by atoms with Crippen LogP contribution in [-0.2, 0) is 30.4 Å². The number of morpholine rings is 1. The predicted molar refractivity (Wildman–Crippen MR) is 162 cm³/mol. The second-order valence-electron chi connectivity index (χ2n) is 12.1. The lowest BCUT2D eigenvalue weighted by Crippen LogP contribution is -2.59. The highest BCUT2D eigenvalue weighted by molar-refractivity contribution is 5.99. The standard InChI is InChI=1S/C33H46N4O6/c1-4-14-35(17-16-34-18-20-42-21-19-34)32(41)29-33-13-12-26(43-33)27(28(33)31(40)37(29)25(6-3)23-38)30(39)36(15-5-2)22-24-10-8-7-9-11-24/h4-5,7-11,25-29,38H,1-2,6,12-23H2,3H3/t25-,26+,27-,28-,29?,33?/m0/s1. The summed E-state index contributed by atoms with van der Waals surface area (Å²) in [5.74, 6) is -2.14. The van der Waals surface area contributed by atoms with Crippen LogP contribution >= 0.6 is 0 Å². The van der Waals surface area contributed by atoms with Gasteiger partial charge in [-0.1, -0.05) is 49.4 Å². The lowest BCUT2D eigenvalue weighted by atomic mass is 9.70. The molecule has 43 heavy (non-hydrogen) atoms. The van der Waals surface area contributed by atoms with E-state index in [2.05, 4.69) is 18.1 Å². The van der Waals surface area contributed by atoms with E-state index >= 15 is 0 Å². The molecule has 3 amide bonds.